The van der Waals surface area contributed by atoms with Crippen LogP contribution >= 0.6 is 0 Å². The van der Waals surface area contributed by atoms with Gasteiger partial charge in [0.15, 0.2) is 17.7 Å². The van der Waals surface area contributed by atoms with Crippen molar-refractivity contribution in [3.63, 3.8) is 0 Å². The van der Waals surface area contributed by atoms with Crippen LogP contribution in [0.1, 0.15) is 71.2 Å². The van der Waals surface area contributed by atoms with Crippen molar-refractivity contribution in [3.05, 3.63) is 107 Å². The predicted octanol–water partition coefficient (Wildman–Crippen LogP) is 4.60. The number of ether oxygens (including phenoxy) is 2. The number of rotatable bonds is 11. The van der Waals surface area contributed by atoms with Crippen molar-refractivity contribution in [2.75, 3.05) is 0 Å². The SMILES string of the molecule is CC(C)(O)C(=O)c1cccc(COC(=O)C(OCc2cccc(C(=O)C(C)(C)O)c2)c2ccccc2)c1. The Kier molecular flexibility index (Phi) is 8.76. The van der Waals surface area contributed by atoms with Crippen LogP contribution in [-0.2, 0) is 27.5 Å². The molecule has 1 atom stereocenters. The molecule has 7 heteroatoms. The van der Waals surface area contributed by atoms with Crippen LogP contribution in [0.15, 0.2) is 78.9 Å². The third-order valence-corrected chi connectivity index (χ3v) is 5.60. The minimum Gasteiger partial charge on any atom is -0.459 e. The lowest BCUT2D eigenvalue weighted by Crippen LogP contribution is -2.31. The Morgan fingerprint density at radius 1 is 0.703 bits per heavy atom. The van der Waals surface area contributed by atoms with E-state index in [1.165, 1.54) is 27.7 Å². The highest BCUT2D eigenvalue weighted by atomic mass is 16.6. The molecule has 0 amide bonds. The monoisotopic (exact) mass is 504 g/mol. The molecule has 194 valence electrons. The van der Waals surface area contributed by atoms with Crippen LogP contribution in [0.4, 0.5) is 0 Å². The third-order valence-electron chi connectivity index (χ3n) is 5.60. The van der Waals surface area contributed by atoms with Crippen LogP contribution in [-0.4, -0.2) is 39.0 Å². The molecule has 2 N–H and O–H groups in total. The zero-order chi connectivity index (χ0) is 27.2. The molecular weight excluding hydrogens is 472 g/mol. The number of hydrogen-bond donors (Lipinski definition) is 2. The van der Waals surface area contributed by atoms with E-state index in [2.05, 4.69) is 0 Å². The van der Waals surface area contributed by atoms with Gasteiger partial charge in [-0.1, -0.05) is 66.7 Å². The van der Waals surface area contributed by atoms with Crippen molar-refractivity contribution in [3.8, 4) is 0 Å². The van der Waals surface area contributed by atoms with Gasteiger partial charge >= 0.3 is 5.97 Å². The Hall–Kier alpha value is -3.65. The largest absolute Gasteiger partial charge is 0.459 e. The molecule has 3 aromatic carbocycles. The number of aliphatic hydroxyl groups is 2. The van der Waals surface area contributed by atoms with Crippen molar-refractivity contribution in [1.82, 2.24) is 0 Å². The molecule has 0 heterocycles. The van der Waals surface area contributed by atoms with Gasteiger partial charge in [-0.05, 0) is 56.5 Å². The van der Waals surface area contributed by atoms with Crippen molar-refractivity contribution in [1.29, 1.82) is 0 Å². The number of ketones is 2. The van der Waals surface area contributed by atoms with E-state index in [9.17, 15) is 24.6 Å². The van der Waals surface area contributed by atoms with E-state index >= 15 is 0 Å². The lowest BCUT2D eigenvalue weighted by atomic mass is 9.96. The van der Waals surface area contributed by atoms with Gasteiger partial charge in [-0.15, -0.1) is 0 Å². The Bertz CT molecular complexity index is 1250. The van der Waals surface area contributed by atoms with Gasteiger partial charge in [-0.2, -0.15) is 0 Å². The average Bonchev–Trinajstić information content (AvgIpc) is 2.86. The van der Waals surface area contributed by atoms with E-state index in [0.29, 0.717) is 27.8 Å². The predicted molar refractivity (Wildman–Crippen MR) is 138 cm³/mol. The van der Waals surface area contributed by atoms with Gasteiger partial charge in [0.1, 0.15) is 17.8 Å². The fourth-order valence-electron chi connectivity index (χ4n) is 3.65. The maximum absolute atomic E-state index is 13.1. The molecule has 0 saturated heterocycles. The van der Waals surface area contributed by atoms with Gasteiger partial charge in [-0.3, -0.25) is 9.59 Å². The number of benzene rings is 3. The second kappa shape index (κ2) is 11.6. The second-order valence-electron chi connectivity index (χ2n) is 9.89. The highest BCUT2D eigenvalue weighted by Gasteiger charge is 2.27. The molecule has 0 aromatic heterocycles. The summed E-state index contributed by atoms with van der Waals surface area (Å²) in [6.07, 6.45) is -1.03. The fourth-order valence-corrected chi connectivity index (χ4v) is 3.65. The van der Waals surface area contributed by atoms with E-state index < -0.39 is 34.8 Å². The molecule has 0 saturated carbocycles. The topological polar surface area (TPSA) is 110 Å². The van der Waals surface area contributed by atoms with Crippen molar-refractivity contribution >= 4 is 17.5 Å². The highest BCUT2D eigenvalue weighted by Crippen LogP contribution is 2.23. The molecule has 3 rings (SSSR count). The van der Waals surface area contributed by atoms with E-state index in [0.717, 1.165) is 0 Å². The number of esters is 1. The first-order chi connectivity index (χ1) is 17.4. The molecule has 0 aliphatic rings. The van der Waals surface area contributed by atoms with Crippen LogP contribution in [0, 0.1) is 0 Å². The minimum absolute atomic E-state index is 0.0250. The summed E-state index contributed by atoms with van der Waals surface area (Å²) in [4.78, 5) is 37.9. The summed E-state index contributed by atoms with van der Waals surface area (Å²) < 4.78 is 11.5. The summed E-state index contributed by atoms with van der Waals surface area (Å²) >= 11 is 0. The van der Waals surface area contributed by atoms with E-state index in [-0.39, 0.29) is 13.2 Å². The van der Waals surface area contributed by atoms with Crippen LogP contribution in [0.3, 0.4) is 0 Å². The van der Waals surface area contributed by atoms with Gasteiger partial charge in [0, 0.05) is 11.1 Å². The lowest BCUT2D eigenvalue weighted by Gasteiger charge is -2.19. The molecular formula is C30H32O7. The summed E-state index contributed by atoms with van der Waals surface area (Å²) in [5.74, 6) is -1.47. The maximum atomic E-state index is 13.1. The van der Waals surface area contributed by atoms with Crippen molar-refractivity contribution in [2.45, 2.75) is 58.2 Å². The van der Waals surface area contributed by atoms with Crippen LogP contribution in [0.2, 0.25) is 0 Å². The Labute approximate surface area is 216 Å². The summed E-state index contributed by atoms with van der Waals surface area (Å²) in [5.41, 5.74) is -0.525. The molecule has 0 aliphatic heterocycles. The van der Waals surface area contributed by atoms with Gasteiger partial charge in [-0.25, -0.2) is 4.79 Å². The zero-order valence-electron chi connectivity index (χ0n) is 21.4. The molecule has 0 bridgehead atoms. The average molecular weight is 505 g/mol. The van der Waals surface area contributed by atoms with Crippen LogP contribution in [0.25, 0.3) is 0 Å². The summed E-state index contributed by atoms with van der Waals surface area (Å²) in [5, 5.41) is 20.0. The molecule has 7 nitrogen and oxygen atoms in total. The number of Topliss-reactive ketones (excluding diaryl/α,β-unsaturated/α-hetero) is 2. The van der Waals surface area contributed by atoms with E-state index in [1.54, 1.807) is 72.8 Å². The summed E-state index contributed by atoms with van der Waals surface area (Å²) in [6, 6.07) is 22.1. The van der Waals surface area contributed by atoms with Crippen LogP contribution in [0.5, 0.6) is 0 Å². The first-order valence-corrected chi connectivity index (χ1v) is 11.9. The normalized spacial score (nSPS) is 12.6. The van der Waals surface area contributed by atoms with Gasteiger partial charge in [0.25, 0.3) is 0 Å². The smallest absolute Gasteiger partial charge is 0.340 e. The molecule has 3 aromatic rings. The lowest BCUT2D eigenvalue weighted by molar-refractivity contribution is -0.160. The maximum Gasteiger partial charge on any atom is 0.340 e. The van der Waals surface area contributed by atoms with E-state index in [4.69, 9.17) is 9.47 Å². The molecule has 1 unspecified atom stereocenters. The van der Waals surface area contributed by atoms with Crippen LogP contribution < -0.4 is 0 Å². The van der Waals surface area contributed by atoms with Crippen molar-refractivity contribution in [2.24, 2.45) is 0 Å². The Balaban J connectivity index is 1.74. The van der Waals surface area contributed by atoms with Crippen molar-refractivity contribution < 1.29 is 34.1 Å². The first kappa shape index (κ1) is 27.9. The minimum atomic E-state index is -1.52. The number of carbonyl (C=O) groups excluding carboxylic acids is 3. The highest BCUT2D eigenvalue weighted by molar-refractivity contribution is 6.02. The standard InChI is InChI=1S/C30H32O7/c1-29(2,34)26(31)23-14-8-10-20(16-23)18-36-25(22-12-6-5-7-13-22)28(33)37-19-21-11-9-15-24(17-21)27(32)30(3,4)35/h5-17,25,34-35H,18-19H2,1-4H3. The van der Waals surface area contributed by atoms with Gasteiger partial charge < -0.3 is 19.7 Å². The Morgan fingerprint density at radius 2 is 1.19 bits per heavy atom. The summed E-state index contributed by atoms with van der Waals surface area (Å²) in [7, 11) is 0. The Morgan fingerprint density at radius 3 is 1.68 bits per heavy atom. The molecule has 0 radical (unpaired) electrons. The third kappa shape index (κ3) is 7.67. The second-order valence-corrected chi connectivity index (χ2v) is 9.89. The molecule has 0 aliphatic carbocycles. The van der Waals surface area contributed by atoms with Gasteiger partial charge in [0.05, 0.1) is 6.61 Å². The molecule has 0 fully saturated rings. The zero-order valence-corrected chi connectivity index (χ0v) is 21.4. The molecule has 0 spiro atoms. The fraction of sp³-hybridized carbons (Fsp3) is 0.300. The first-order valence-electron chi connectivity index (χ1n) is 11.9. The quantitative estimate of drug-likeness (QED) is 0.290. The number of hydrogen-bond acceptors (Lipinski definition) is 7. The number of carbonyl (C=O) groups is 3. The summed E-state index contributed by atoms with van der Waals surface area (Å²) in [6.45, 7) is 5.62. The van der Waals surface area contributed by atoms with E-state index in [1.807, 2.05) is 6.07 Å². The molecule has 37 heavy (non-hydrogen) atoms. The van der Waals surface area contributed by atoms with Gasteiger partial charge in [0.2, 0.25) is 0 Å².